The van der Waals surface area contributed by atoms with Crippen LogP contribution in [0.15, 0.2) is 0 Å². The summed E-state index contributed by atoms with van der Waals surface area (Å²) in [5.41, 5.74) is 0.364. The number of carbonyl (C=O) groups is 1. The van der Waals surface area contributed by atoms with Gasteiger partial charge in [-0.2, -0.15) is 0 Å². The minimum Gasteiger partial charge on any atom is -0.453 e. The highest BCUT2D eigenvalue weighted by atomic mass is 16.5. The molecule has 2 rings (SSSR count). The van der Waals surface area contributed by atoms with Gasteiger partial charge in [0.15, 0.2) is 0 Å². The summed E-state index contributed by atoms with van der Waals surface area (Å²) in [5, 5.41) is 0. The zero-order valence-corrected chi connectivity index (χ0v) is 10.8. The Labute approximate surface area is 98.1 Å². The van der Waals surface area contributed by atoms with E-state index in [4.69, 9.17) is 4.74 Å². The van der Waals surface area contributed by atoms with E-state index in [0.717, 1.165) is 31.6 Å². The Kier molecular flexibility index (Phi) is 2.89. The molecule has 2 bridgehead atoms. The van der Waals surface area contributed by atoms with Crippen molar-refractivity contribution in [2.45, 2.75) is 58.5 Å². The number of amides is 1. The summed E-state index contributed by atoms with van der Waals surface area (Å²) in [6.45, 7) is 6.93. The lowest BCUT2D eigenvalue weighted by Crippen LogP contribution is -2.48. The Morgan fingerprint density at radius 3 is 2.06 bits per heavy atom. The minimum absolute atomic E-state index is 0.125. The van der Waals surface area contributed by atoms with Crippen LogP contribution in [0.25, 0.3) is 0 Å². The van der Waals surface area contributed by atoms with Crippen LogP contribution in [-0.2, 0) is 4.74 Å². The van der Waals surface area contributed by atoms with Crippen molar-refractivity contribution in [1.29, 1.82) is 0 Å². The van der Waals surface area contributed by atoms with Gasteiger partial charge in [-0.3, -0.25) is 0 Å². The fourth-order valence-corrected chi connectivity index (χ4v) is 3.29. The van der Waals surface area contributed by atoms with E-state index in [-0.39, 0.29) is 6.09 Å². The standard InChI is InChI=1S/C13H23NO2/c1-13(2,3)9-7-10-5-6-11(8-9)14(10)12(15)16-4/h9-11H,5-8H2,1-4H3. The number of hydrogen-bond donors (Lipinski definition) is 0. The molecule has 2 unspecified atom stereocenters. The number of nitrogens with zero attached hydrogens (tertiary/aromatic N) is 1. The Morgan fingerprint density at radius 2 is 1.69 bits per heavy atom. The SMILES string of the molecule is COC(=O)N1C2CCC1CC(C(C)(C)C)C2. The summed E-state index contributed by atoms with van der Waals surface area (Å²) in [6.07, 6.45) is 4.49. The van der Waals surface area contributed by atoms with Crippen LogP contribution in [0.1, 0.15) is 46.5 Å². The van der Waals surface area contributed by atoms with Crippen LogP contribution in [0.2, 0.25) is 0 Å². The average molecular weight is 225 g/mol. The Balaban J connectivity index is 2.10. The summed E-state index contributed by atoms with van der Waals surface area (Å²) in [4.78, 5) is 13.7. The van der Waals surface area contributed by atoms with Gasteiger partial charge < -0.3 is 9.64 Å². The maximum absolute atomic E-state index is 11.7. The zero-order valence-electron chi connectivity index (χ0n) is 10.8. The summed E-state index contributed by atoms with van der Waals surface area (Å²) in [6, 6.07) is 0.853. The molecule has 0 aromatic heterocycles. The fraction of sp³-hybridized carbons (Fsp3) is 0.923. The van der Waals surface area contributed by atoms with E-state index in [1.807, 2.05) is 4.90 Å². The fourth-order valence-electron chi connectivity index (χ4n) is 3.29. The third-order valence-corrected chi connectivity index (χ3v) is 4.34. The van der Waals surface area contributed by atoms with Crippen molar-refractivity contribution in [3.8, 4) is 0 Å². The van der Waals surface area contributed by atoms with Crippen molar-refractivity contribution < 1.29 is 9.53 Å². The van der Waals surface area contributed by atoms with Crippen LogP contribution in [0.4, 0.5) is 4.79 Å². The zero-order chi connectivity index (χ0) is 11.9. The summed E-state index contributed by atoms with van der Waals surface area (Å²) in [5.74, 6) is 0.742. The van der Waals surface area contributed by atoms with Gasteiger partial charge in [0, 0.05) is 12.1 Å². The molecule has 2 saturated heterocycles. The van der Waals surface area contributed by atoms with Crippen molar-refractivity contribution >= 4 is 6.09 Å². The van der Waals surface area contributed by atoms with Gasteiger partial charge in [-0.15, -0.1) is 0 Å². The van der Waals surface area contributed by atoms with Gasteiger partial charge in [-0.25, -0.2) is 4.79 Å². The molecule has 0 saturated carbocycles. The number of piperidine rings is 1. The predicted molar refractivity (Wildman–Crippen MR) is 63.2 cm³/mol. The Bertz CT molecular complexity index is 268. The first kappa shape index (κ1) is 11.7. The highest BCUT2D eigenvalue weighted by Crippen LogP contribution is 2.45. The minimum atomic E-state index is -0.125. The van der Waals surface area contributed by atoms with Crippen LogP contribution in [0.3, 0.4) is 0 Å². The monoisotopic (exact) mass is 225 g/mol. The lowest BCUT2D eigenvalue weighted by Gasteiger charge is -2.43. The van der Waals surface area contributed by atoms with Crippen molar-refractivity contribution in [3.05, 3.63) is 0 Å². The second-order valence-electron chi connectivity index (χ2n) is 6.30. The molecular formula is C13H23NO2. The topological polar surface area (TPSA) is 29.5 Å². The molecule has 2 fully saturated rings. The largest absolute Gasteiger partial charge is 0.453 e. The first-order valence-corrected chi connectivity index (χ1v) is 6.29. The lowest BCUT2D eigenvalue weighted by atomic mass is 9.73. The molecule has 92 valence electrons. The van der Waals surface area contributed by atoms with Gasteiger partial charge in [0.2, 0.25) is 0 Å². The molecule has 0 spiro atoms. The summed E-state index contributed by atoms with van der Waals surface area (Å²) in [7, 11) is 1.48. The Hall–Kier alpha value is -0.730. The smallest absolute Gasteiger partial charge is 0.409 e. The highest BCUT2D eigenvalue weighted by molar-refractivity contribution is 5.69. The second kappa shape index (κ2) is 3.94. The Morgan fingerprint density at radius 1 is 1.19 bits per heavy atom. The van der Waals surface area contributed by atoms with Crippen molar-refractivity contribution in [2.75, 3.05) is 7.11 Å². The van der Waals surface area contributed by atoms with Crippen molar-refractivity contribution in [1.82, 2.24) is 4.90 Å². The van der Waals surface area contributed by atoms with E-state index in [1.54, 1.807) is 0 Å². The lowest BCUT2D eigenvalue weighted by molar-refractivity contribution is 0.0445. The molecule has 0 aromatic carbocycles. The molecule has 0 aliphatic carbocycles. The molecule has 3 heteroatoms. The van der Waals surface area contributed by atoms with Crippen molar-refractivity contribution in [3.63, 3.8) is 0 Å². The molecule has 0 aromatic rings. The number of rotatable bonds is 0. The first-order valence-electron chi connectivity index (χ1n) is 6.29. The number of carbonyl (C=O) groups excluding carboxylic acids is 1. The van der Waals surface area contributed by atoms with Gasteiger partial charge in [-0.1, -0.05) is 20.8 Å². The van der Waals surface area contributed by atoms with Gasteiger partial charge >= 0.3 is 6.09 Å². The van der Waals surface area contributed by atoms with Gasteiger partial charge in [0.05, 0.1) is 7.11 Å². The van der Waals surface area contributed by atoms with Gasteiger partial charge in [-0.05, 0) is 37.0 Å². The van der Waals surface area contributed by atoms with Crippen LogP contribution < -0.4 is 0 Å². The average Bonchev–Trinajstić information content (AvgIpc) is 2.46. The summed E-state index contributed by atoms with van der Waals surface area (Å²) < 4.78 is 4.88. The molecule has 2 aliphatic heterocycles. The number of ether oxygens (including phenoxy) is 1. The summed E-state index contributed by atoms with van der Waals surface area (Å²) >= 11 is 0. The van der Waals surface area contributed by atoms with Crippen LogP contribution in [0, 0.1) is 11.3 Å². The first-order chi connectivity index (χ1) is 7.43. The van der Waals surface area contributed by atoms with E-state index in [0.29, 0.717) is 17.5 Å². The maximum atomic E-state index is 11.7. The molecular weight excluding hydrogens is 202 g/mol. The molecule has 0 N–H and O–H groups in total. The third-order valence-electron chi connectivity index (χ3n) is 4.34. The van der Waals surface area contributed by atoms with E-state index in [1.165, 1.54) is 7.11 Å². The van der Waals surface area contributed by atoms with Crippen LogP contribution in [0.5, 0.6) is 0 Å². The van der Waals surface area contributed by atoms with E-state index < -0.39 is 0 Å². The van der Waals surface area contributed by atoms with Crippen LogP contribution >= 0.6 is 0 Å². The van der Waals surface area contributed by atoms with E-state index in [2.05, 4.69) is 20.8 Å². The molecule has 2 heterocycles. The molecule has 16 heavy (non-hydrogen) atoms. The predicted octanol–water partition coefficient (Wildman–Crippen LogP) is 3.04. The quantitative estimate of drug-likeness (QED) is 0.634. The van der Waals surface area contributed by atoms with E-state index >= 15 is 0 Å². The van der Waals surface area contributed by atoms with Crippen molar-refractivity contribution in [2.24, 2.45) is 11.3 Å². The second-order valence-corrected chi connectivity index (χ2v) is 6.30. The molecule has 2 atom stereocenters. The molecule has 2 aliphatic rings. The number of methoxy groups -OCH3 is 1. The van der Waals surface area contributed by atoms with Gasteiger partial charge in [0.1, 0.15) is 0 Å². The third kappa shape index (κ3) is 1.92. The highest BCUT2D eigenvalue weighted by Gasteiger charge is 2.46. The molecule has 1 amide bonds. The molecule has 3 nitrogen and oxygen atoms in total. The van der Waals surface area contributed by atoms with Crippen LogP contribution in [-0.4, -0.2) is 30.2 Å². The van der Waals surface area contributed by atoms with E-state index in [9.17, 15) is 4.79 Å². The maximum Gasteiger partial charge on any atom is 0.409 e. The molecule has 0 radical (unpaired) electrons. The number of hydrogen-bond acceptors (Lipinski definition) is 2. The van der Waals surface area contributed by atoms with Gasteiger partial charge in [0.25, 0.3) is 0 Å². The normalized spacial score (nSPS) is 34.0. The number of fused-ring (bicyclic) bond motifs is 2.